The number of hydrogen-bond donors (Lipinski definition) is 0. The van der Waals surface area contributed by atoms with E-state index in [1.807, 2.05) is 0 Å². The molecule has 1 aromatic carbocycles. The van der Waals surface area contributed by atoms with Crippen LogP contribution in [0.15, 0.2) is 18.2 Å². The first kappa shape index (κ1) is 10.7. The molecule has 0 aliphatic carbocycles. The third-order valence-electron chi connectivity index (χ3n) is 2.64. The minimum absolute atomic E-state index is 0.0844. The molecule has 5 heteroatoms. The van der Waals surface area contributed by atoms with Crippen molar-refractivity contribution in [2.75, 3.05) is 7.05 Å². The van der Waals surface area contributed by atoms with Crippen LogP contribution in [0.4, 0.5) is 8.78 Å². The zero-order chi connectivity index (χ0) is 11.9. The number of carbonyl (C=O) groups excluding carboxylic acids is 2. The molecular weight excluding hydrogens is 216 g/mol. The fourth-order valence-corrected chi connectivity index (χ4v) is 1.66. The lowest BCUT2D eigenvalue weighted by molar-refractivity contribution is -0.127. The summed E-state index contributed by atoms with van der Waals surface area (Å²) in [5.41, 5.74) is 0.507. The van der Waals surface area contributed by atoms with E-state index < -0.39 is 12.3 Å². The predicted molar refractivity (Wildman–Crippen MR) is 52.2 cm³/mol. The summed E-state index contributed by atoms with van der Waals surface area (Å²) in [5, 5.41) is 0. The van der Waals surface area contributed by atoms with Gasteiger partial charge in [0.25, 0.3) is 12.3 Å². The molecule has 16 heavy (non-hydrogen) atoms. The molecule has 0 radical (unpaired) electrons. The van der Waals surface area contributed by atoms with E-state index in [2.05, 4.69) is 0 Å². The average molecular weight is 225 g/mol. The van der Waals surface area contributed by atoms with Gasteiger partial charge in [-0.1, -0.05) is 12.1 Å². The monoisotopic (exact) mass is 225 g/mol. The van der Waals surface area contributed by atoms with Crippen molar-refractivity contribution < 1.29 is 18.4 Å². The maximum atomic E-state index is 12.4. The van der Waals surface area contributed by atoms with E-state index in [9.17, 15) is 18.4 Å². The summed E-state index contributed by atoms with van der Waals surface area (Å²) < 4.78 is 24.9. The zero-order valence-electron chi connectivity index (χ0n) is 8.54. The number of likely N-dealkylation sites (N-methyl/N-ethyl adjacent to an activating group) is 1. The fourth-order valence-electron chi connectivity index (χ4n) is 1.66. The van der Waals surface area contributed by atoms with E-state index in [-0.39, 0.29) is 23.5 Å². The highest BCUT2D eigenvalue weighted by Gasteiger charge is 2.28. The van der Waals surface area contributed by atoms with Crippen LogP contribution < -0.4 is 0 Å². The quantitative estimate of drug-likeness (QED) is 0.683. The number of imide groups is 1. The molecule has 0 spiro atoms. The number of nitrogens with zero attached hydrogens (tertiary/aromatic N) is 1. The van der Waals surface area contributed by atoms with Gasteiger partial charge in [0.05, 0.1) is 6.42 Å². The molecule has 0 bridgehead atoms. The highest BCUT2D eigenvalue weighted by Crippen LogP contribution is 2.25. The lowest BCUT2D eigenvalue weighted by Crippen LogP contribution is -2.39. The van der Waals surface area contributed by atoms with Crippen LogP contribution in [0.1, 0.15) is 27.9 Å². The standard InChI is InChI=1S/C11H9F2NO2/c1-14-9(15)5-6-2-3-7(10(12)13)4-8(6)11(14)16/h2-4,10H,5H2,1H3. The number of amides is 2. The summed E-state index contributed by atoms with van der Waals surface area (Å²) in [4.78, 5) is 24.0. The molecule has 1 aliphatic heterocycles. The second-order valence-electron chi connectivity index (χ2n) is 3.65. The largest absolute Gasteiger partial charge is 0.281 e. The molecule has 0 unspecified atom stereocenters. The Morgan fingerprint density at radius 2 is 2.00 bits per heavy atom. The number of fused-ring (bicyclic) bond motifs is 1. The smallest absolute Gasteiger partial charge is 0.263 e. The second-order valence-corrected chi connectivity index (χ2v) is 3.65. The topological polar surface area (TPSA) is 37.4 Å². The van der Waals surface area contributed by atoms with Gasteiger partial charge in [-0.25, -0.2) is 8.78 Å². The number of halogens is 2. The summed E-state index contributed by atoms with van der Waals surface area (Å²) >= 11 is 0. The predicted octanol–water partition coefficient (Wildman–Crippen LogP) is 1.78. The Hall–Kier alpha value is -1.78. The van der Waals surface area contributed by atoms with Crippen molar-refractivity contribution in [2.24, 2.45) is 0 Å². The summed E-state index contributed by atoms with van der Waals surface area (Å²) in [6.45, 7) is 0. The molecule has 0 atom stereocenters. The maximum Gasteiger partial charge on any atom is 0.263 e. The molecule has 0 saturated heterocycles. The van der Waals surface area contributed by atoms with Crippen molar-refractivity contribution in [1.29, 1.82) is 0 Å². The zero-order valence-corrected chi connectivity index (χ0v) is 8.54. The summed E-state index contributed by atoms with van der Waals surface area (Å²) in [7, 11) is 1.35. The first-order valence-electron chi connectivity index (χ1n) is 4.72. The van der Waals surface area contributed by atoms with Gasteiger partial charge in [0, 0.05) is 18.2 Å². The first-order valence-corrected chi connectivity index (χ1v) is 4.72. The Morgan fingerprint density at radius 3 is 2.62 bits per heavy atom. The van der Waals surface area contributed by atoms with Crippen molar-refractivity contribution in [2.45, 2.75) is 12.8 Å². The molecule has 2 rings (SSSR count). The minimum Gasteiger partial charge on any atom is -0.281 e. The van der Waals surface area contributed by atoms with E-state index in [4.69, 9.17) is 0 Å². The molecule has 0 aromatic heterocycles. The molecule has 3 nitrogen and oxygen atoms in total. The van der Waals surface area contributed by atoms with E-state index in [1.54, 1.807) is 0 Å². The third-order valence-corrected chi connectivity index (χ3v) is 2.64. The van der Waals surface area contributed by atoms with E-state index >= 15 is 0 Å². The Kier molecular flexibility index (Phi) is 2.46. The molecule has 84 valence electrons. The molecule has 1 aromatic rings. The average Bonchev–Trinajstić information content (AvgIpc) is 2.25. The van der Waals surface area contributed by atoms with Crippen LogP contribution >= 0.6 is 0 Å². The van der Waals surface area contributed by atoms with Crippen LogP contribution in [0.3, 0.4) is 0 Å². The second kappa shape index (κ2) is 3.66. The number of benzene rings is 1. The Labute approximate surface area is 90.7 Å². The van der Waals surface area contributed by atoms with Gasteiger partial charge in [0.15, 0.2) is 0 Å². The number of alkyl halides is 2. The van der Waals surface area contributed by atoms with Gasteiger partial charge in [-0.15, -0.1) is 0 Å². The van der Waals surface area contributed by atoms with Gasteiger partial charge in [-0.3, -0.25) is 14.5 Å². The van der Waals surface area contributed by atoms with Crippen LogP contribution in [0.5, 0.6) is 0 Å². The van der Waals surface area contributed by atoms with E-state index in [1.165, 1.54) is 19.2 Å². The Bertz CT molecular complexity index is 471. The van der Waals surface area contributed by atoms with Crippen molar-refractivity contribution in [3.05, 3.63) is 34.9 Å². The van der Waals surface area contributed by atoms with E-state index in [0.717, 1.165) is 11.0 Å². The van der Waals surface area contributed by atoms with Gasteiger partial charge in [0.2, 0.25) is 5.91 Å². The van der Waals surface area contributed by atoms with Crippen molar-refractivity contribution in [1.82, 2.24) is 4.90 Å². The highest BCUT2D eigenvalue weighted by atomic mass is 19.3. The van der Waals surface area contributed by atoms with Crippen molar-refractivity contribution in [3.8, 4) is 0 Å². The molecule has 2 amide bonds. The maximum absolute atomic E-state index is 12.4. The first-order chi connectivity index (χ1) is 7.50. The number of carbonyl (C=O) groups is 2. The number of hydrogen-bond acceptors (Lipinski definition) is 2. The van der Waals surface area contributed by atoms with Crippen LogP contribution in [-0.2, 0) is 11.2 Å². The van der Waals surface area contributed by atoms with Crippen molar-refractivity contribution >= 4 is 11.8 Å². The molecule has 0 N–H and O–H groups in total. The van der Waals surface area contributed by atoms with Crippen LogP contribution in [0.25, 0.3) is 0 Å². The van der Waals surface area contributed by atoms with Gasteiger partial charge in [0.1, 0.15) is 0 Å². The fraction of sp³-hybridized carbons (Fsp3) is 0.273. The number of rotatable bonds is 1. The molecule has 0 saturated carbocycles. The SMILES string of the molecule is CN1C(=O)Cc2ccc(C(F)F)cc2C1=O. The molecule has 0 fully saturated rings. The van der Waals surface area contributed by atoms with Crippen LogP contribution in [-0.4, -0.2) is 23.8 Å². The third kappa shape index (κ3) is 1.58. The lowest BCUT2D eigenvalue weighted by atomic mass is 9.96. The van der Waals surface area contributed by atoms with Gasteiger partial charge in [-0.05, 0) is 11.6 Å². The van der Waals surface area contributed by atoms with Crippen molar-refractivity contribution in [3.63, 3.8) is 0 Å². The Balaban J connectivity index is 2.51. The minimum atomic E-state index is -2.61. The summed E-state index contributed by atoms with van der Waals surface area (Å²) in [6, 6.07) is 3.82. The normalized spacial score (nSPS) is 15.6. The van der Waals surface area contributed by atoms with Gasteiger partial charge < -0.3 is 0 Å². The van der Waals surface area contributed by atoms with Crippen LogP contribution in [0, 0.1) is 0 Å². The molecular formula is C11H9F2NO2. The lowest BCUT2D eigenvalue weighted by Gasteiger charge is -2.23. The van der Waals surface area contributed by atoms with Gasteiger partial charge >= 0.3 is 0 Å². The summed E-state index contributed by atoms with van der Waals surface area (Å²) in [6.07, 6.45) is -2.53. The van der Waals surface area contributed by atoms with Gasteiger partial charge in [-0.2, -0.15) is 0 Å². The molecule has 1 aliphatic rings. The summed E-state index contributed by atoms with van der Waals surface area (Å²) in [5.74, 6) is -0.837. The highest BCUT2D eigenvalue weighted by molar-refractivity contribution is 6.09. The molecule has 1 heterocycles. The van der Waals surface area contributed by atoms with Crippen LogP contribution in [0.2, 0.25) is 0 Å². The Morgan fingerprint density at radius 1 is 1.31 bits per heavy atom. The van der Waals surface area contributed by atoms with E-state index in [0.29, 0.717) is 5.56 Å².